The molecule has 5 rings (SSSR count). The Bertz CT molecular complexity index is 1330. The topological polar surface area (TPSA) is 108 Å². The van der Waals surface area contributed by atoms with Crippen LogP contribution in [0.1, 0.15) is 48.3 Å². The standard InChI is InChI=1S/C33H37N3O5/c1-36(19-22-10-3-2-4-11-22)20-30(32(38)39)35-31(37)23-12-9-13-24(18-23)34-33(40)41-21-29-27-16-7-5-14-25(27)26-15-6-8-17-28(26)29/h2-8,10-11,14-17,23-24,29-30H,9,12-13,18-21H2,1H3,(H,34,40)(H,35,37)(H,38,39)/t23-,24-,30?/m1/s1. The minimum atomic E-state index is -1.07. The molecule has 0 spiro atoms. The third-order valence-electron chi connectivity index (χ3n) is 8.11. The number of carbonyl (C=O) groups is 3. The van der Waals surface area contributed by atoms with Crippen molar-refractivity contribution < 1.29 is 24.2 Å². The number of aliphatic carboxylic acids is 1. The van der Waals surface area contributed by atoms with Gasteiger partial charge in [0, 0.05) is 31.0 Å². The van der Waals surface area contributed by atoms with Gasteiger partial charge >= 0.3 is 12.1 Å². The van der Waals surface area contributed by atoms with Crippen molar-refractivity contribution in [2.24, 2.45) is 5.92 Å². The molecule has 0 bridgehead atoms. The number of carbonyl (C=O) groups excluding carboxylic acids is 2. The van der Waals surface area contributed by atoms with Crippen LogP contribution in [-0.4, -0.2) is 60.3 Å². The van der Waals surface area contributed by atoms with Gasteiger partial charge in [0.25, 0.3) is 0 Å². The van der Waals surface area contributed by atoms with Gasteiger partial charge in [-0.25, -0.2) is 9.59 Å². The Hall–Kier alpha value is -4.17. The third kappa shape index (κ3) is 6.95. The molecule has 3 aromatic rings. The molecular formula is C33H37N3O5. The lowest BCUT2D eigenvalue weighted by molar-refractivity contribution is -0.143. The summed E-state index contributed by atoms with van der Waals surface area (Å²) in [6.45, 7) is 0.994. The highest BCUT2D eigenvalue weighted by Gasteiger charge is 2.32. The van der Waals surface area contributed by atoms with Crippen molar-refractivity contribution in [1.82, 2.24) is 15.5 Å². The summed E-state index contributed by atoms with van der Waals surface area (Å²) in [5, 5.41) is 15.4. The number of carboxylic acid groups (broad SMARTS) is 1. The molecule has 1 saturated carbocycles. The van der Waals surface area contributed by atoms with Crippen LogP contribution < -0.4 is 10.6 Å². The number of hydrogen-bond acceptors (Lipinski definition) is 5. The zero-order valence-corrected chi connectivity index (χ0v) is 23.3. The molecule has 0 aliphatic heterocycles. The highest BCUT2D eigenvalue weighted by molar-refractivity contribution is 5.85. The first-order chi connectivity index (χ1) is 19.9. The Labute approximate surface area is 240 Å². The van der Waals surface area contributed by atoms with Crippen molar-refractivity contribution >= 4 is 18.0 Å². The summed E-state index contributed by atoms with van der Waals surface area (Å²) in [6.07, 6.45) is 2.11. The Balaban J connectivity index is 1.12. The van der Waals surface area contributed by atoms with Crippen LogP contribution in [-0.2, 0) is 20.9 Å². The predicted octanol–water partition coefficient (Wildman–Crippen LogP) is 4.79. The zero-order chi connectivity index (χ0) is 28.8. The maximum absolute atomic E-state index is 13.1. The molecule has 8 nitrogen and oxygen atoms in total. The number of alkyl carbamates (subject to hydrolysis) is 1. The number of likely N-dealkylation sites (N-methyl/N-ethyl adjacent to an activating group) is 1. The van der Waals surface area contributed by atoms with Crippen molar-refractivity contribution in [1.29, 1.82) is 0 Å². The van der Waals surface area contributed by atoms with E-state index in [1.54, 1.807) is 0 Å². The number of nitrogens with zero attached hydrogens (tertiary/aromatic N) is 1. The second-order valence-corrected chi connectivity index (χ2v) is 11.1. The van der Waals surface area contributed by atoms with Gasteiger partial charge in [-0.3, -0.25) is 9.69 Å². The molecule has 8 heteroatoms. The molecule has 1 unspecified atom stereocenters. The van der Waals surface area contributed by atoms with Crippen LogP contribution in [0.3, 0.4) is 0 Å². The van der Waals surface area contributed by atoms with E-state index in [1.165, 1.54) is 11.1 Å². The van der Waals surface area contributed by atoms with E-state index in [2.05, 4.69) is 34.9 Å². The van der Waals surface area contributed by atoms with Crippen molar-refractivity contribution in [2.45, 2.75) is 50.2 Å². The highest BCUT2D eigenvalue weighted by atomic mass is 16.5. The number of fused-ring (bicyclic) bond motifs is 3. The van der Waals surface area contributed by atoms with Crippen LogP contribution in [0.2, 0.25) is 0 Å². The summed E-state index contributed by atoms with van der Waals surface area (Å²) in [4.78, 5) is 39.7. The summed E-state index contributed by atoms with van der Waals surface area (Å²) in [7, 11) is 1.84. The molecule has 41 heavy (non-hydrogen) atoms. The molecule has 2 aliphatic rings. The van der Waals surface area contributed by atoms with Crippen LogP contribution in [0.5, 0.6) is 0 Å². The van der Waals surface area contributed by atoms with Gasteiger partial charge in [-0.15, -0.1) is 0 Å². The Morgan fingerprint density at radius 3 is 2.22 bits per heavy atom. The number of benzene rings is 3. The first kappa shape index (κ1) is 28.4. The fourth-order valence-corrected chi connectivity index (χ4v) is 6.11. The lowest BCUT2D eigenvalue weighted by Crippen LogP contribution is -2.50. The minimum Gasteiger partial charge on any atom is -0.480 e. The van der Waals surface area contributed by atoms with Crippen LogP contribution in [0.25, 0.3) is 11.1 Å². The van der Waals surface area contributed by atoms with Gasteiger partial charge in [-0.05, 0) is 54.1 Å². The van der Waals surface area contributed by atoms with Crippen molar-refractivity contribution in [3.05, 3.63) is 95.6 Å². The second-order valence-electron chi connectivity index (χ2n) is 11.1. The quantitative estimate of drug-likeness (QED) is 0.332. The van der Waals surface area contributed by atoms with E-state index >= 15 is 0 Å². The van der Waals surface area contributed by atoms with Crippen molar-refractivity contribution in [3.8, 4) is 11.1 Å². The Morgan fingerprint density at radius 1 is 0.927 bits per heavy atom. The molecule has 0 saturated heterocycles. The fourth-order valence-electron chi connectivity index (χ4n) is 6.11. The molecule has 1 fully saturated rings. The van der Waals surface area contributed by atoms with E-state index in [1.807, 2.05) is 66.5 Å². The molecule has 0 radical (unpaired) electrons. The normalized spacial score (nSPS) is 18.7. The van der Waals surface area contributed by atoms with Gasteiger partial charge in [0.1, 0.15) is 12.6 Å². The van der Waals surface area contributed by atoms with Crippen LogP contribution >= 0.6 is 0 Å². The molecule has 0 heterocycles. The molecular weight excluding hydrogens is 518 g/mol. The monoisotopic (exact) mass is 555 g/mol. The van der Waals surface area contributed by atoms with E-state index in [0.717, 1.165) is 29.5 Å². The molecule has 3 atom stereocenters. The van der Waals surface area contributed by atoms with Crippen molar-refractivity contribution in [2.75, 3.05) is 20.2 Å². The molecule has 3 aromatic carbocycles. The number of rotatable bonds is 10. The SMILES string of the molecule is CN(Cc1ccccc1)CC(NC(=O)[C@@H]1CCC[C@@H](NC(=O)OCC2c3ccccc3-c3ccccc32)C1)C(=O)O. The summed E-state index contributed by atoms with van der Waals surface area (Å²) in [5.74, 6) is -1.75. The van der Waals surface area contributed by atoms with Gasteiger partial charge in [0.15, 0.2) is 0 Å². The lowest BCUT2D eigenvalue weighted by Gasteiger charge is -2.30. The summed E-state index contributed by atoms with van der Waals surface area (Å²) in [5.41, 5.74) is 5.71. The van der Waals surface area contributed by atoms with E-state index in [9.17, 15) is 19.5 Å². The van der Waals surface area contributed by atoms with E-state index in [0.29, 0.717) is 19.4 Å². The second kappa shape index (κ2) is 13.0. The van der Waals surface area contributed by atoms with E-state index < -0.39 is 18.1 Å². The Morgan fingerprint density at radius 2 is 1.56 bits per heavy atom. The number of nitrogens with one attached hydrogen (secondary N) is 2. The maximum Gasteiger partial charge on any atom is 0.407 e. The number of hydrogen-bond donors (Lipinski definition) is 3. The van der Waals surface area contributed by atoms with Gasteiger partial charge < -0.3 is 20.5 Å². The van der Waals surface area contributed by atoms with Crippen LogP contribution in [0, 0.1) is 5.92 Å². The highest BCUT2D eigenvalue weighted by Crippen LogP contribution is 2.44. The molecule has 3 N–H and O–H groups in total. The first-order valence-electron chi connectivity index (χ1n) is 14.3. The largest absolute Gasteiger partial charge is 0.480 e. The smallest absolute Gasteiger partial charge is 0.407 e. The van der Waals surface area contributed by atoms with Crippen molar-refractivity contribution in [3.63, 3.8) is 0 Å². The molecule has 2 amide bonds. The average Bonchev–Trinajstić information content (AvgIpc) is 3.30. The number of carboxylic acids is 1. The minimum absolute atomic E-state index is 0.0222. The maximum atomic E-state index is 13.1. The van der Waals surface area contributed by atoms with Gasteiger partial charge in [-0.1, -0.05) is 85.3 Å². The van der Waals surface area contributed by atoms with E-state index in [-0.39, 0.29) is 36.9 Å². The van der Waals surface area contributed by atoms with Gasteiger partial charge in [-0.2, -0.15) is 0 Å². The molecule has 2 aliphatic carbocycles. The van der Waals surface area contributed by atoms with E-state index in [4.69, 9.17) is 4.74 Å². The molecule has 214 valence electrons. The lowest BCUT2D eigenvalue weighted by atomic mass is 9.85. The number of ether oxygens (including phenoxy) is 1. The first-order valence-corrected chi connectivity index (χ1v) is 14.3. The van der Waals surface area contributed by atoms with Gasteiger partial charge in [0.2, 0.25) is 5.91 Å². The zero-order valence-electron chi connectivity index (χ0n) is 23.3. The Kier molecular flexibility index (Phi) is 8.99. The van der Waals surface area contributed by atoms with Crippen LogP contribution in [0.4, 0.5) is 4.79 Å². The summed E-state index contributed by atoms with van der Waals surface area (Å²) >= 11 is 0. The summed E-state index contributed by atoms with van der Waals surface area (Å²) in [6, 6.07) is 24.9. The molecule has 0 aromatic heterocycles. The number of amides is 2. The predicted molar refractivity (Wildman–Crippen MR) is 156 cm³/mol. The van der Waals surface area contributed by atoms with Gasteiger partial charge in [0.05, 0.1) is 0 Å². The fraction of sp³-hybridized carbons (Fsp3) is 0.364. The van der Waals surface area contributed by atoms with Crippen LogP contribution in [0.15, 0.2) is 78.9 Å². The summed E-state index contributed by atoms with van der Waals surface area (Å²) < 4.78 is 5.69. The third-order valence-corrected chi connectivity index (χ3v) is 8.11. The average molecular weight is 556 g/mol.